The summed E-state index contributed by atoms with van der Waals surface area (Å²) in [6.45, 7) is 7.41. The first kappa shape index (κ1) is 17.0. The van der Waals surface area contributed by atoms with Gasteiger partial charge in [0.15, 0.2) is 5.69 Å². The van der Waals surface area contributed by atoms with E-state index in [4.69, 9.17) is 11.6 Å². The van der Waals surface area contributed by atoms with Crippen LogP contribution < -0.4 is 10.2 Å². The van der Waals surface area contributed by atoms with Crippen LogP contribution in [0, 0.1) is 5.92 Å². The smallest absolute Gasteiger partial charge is 0.271 e. The Hall–Kier alpha value is -1.40. The van der Waals surface area contributed by atoms with E-state index in [9.17, 15) is 9.90 Å². The van der Waals surface area contributed by atoms with Gasteiger partial charge in [-0.05, 0) is 25.7 Å². The van der Waals surface area contributed by atoms with Gasteiger partial charge in [-0.2, -0.15) is 0 Å². The van der Waals surface area contributed by atoms with E-state index in [1.807, 2.05) is 18.7 Å². The predicted octanol–water partition coefficient (Wildman–Crippen LogP) is 1.87. The van der Waals surface area contributed by atoms with E-state index in [0.717, 1.165) is 25.9 Å². The van der Waals surface area contributed by atoms with E-state index in [0.29, 0.717) is 5.95 Å². The third kappa shape index (κ3) is 3.87. The molecule has 1 aliphatic heterocycles. The summed E-state index contributed by atoms with van der Waals surface area (Å²) < 4.78 is 0. The van der Waals surface area contributed by atoms with Crippen molar-refractivity contribution >= 4 is 23.5 Å². The van der Waals surface area contributed by atoms with Gasteiger partial charge >= 0.3 is 0 Å². The number of aromatic nitrogens is 2. The molecule has 0 radical (unpaired) electrons. The number of hydrogen-bond acceptors (Lipinski definition) is 5. The maximum Gasteiger partial charge on any atom is 0.271 e. The molecule has 1 amide bonds. The second-order valence-corrected chi connectivity index (χ2v) is 6.66. The second-order valence-electron chi connectivity index (χ2n) is 6.26. The quantitative estimate of drug-likeness (QED) is 0.863. The fraction of sp³-hybridized carbons (Fsp3) is 0.667. The van der Waals surface area contributed by atoms with Crippen LogP contribution in [0.15, 0.2) is 6.20 Å². The Kier molecular flexibility index (Phi) is 5.24. The summed E-state index contributed by atoms with van der Waals surface area (Å²) in [5.41, 5.74) is -0.828. The molecule has 122 valence electrons. The number of halogens is 1. The van der Waals surface area contributed by atoms with Gasteiger partial charge in [-0.1, -0.05) is 25.4 Å². The van der Waals surface area contributed by atoms with Crippen LogP contribution in [-0.2, 0) is 0 Å². The molecule has 1 fully saturated rings. The Bertz CT molecular complexity index is 542. The fourth-order valence-corrected chi connectivity index (χ4v) is 2.31. The van der Waals surface area contributed by atoms with Crippen molar-refractivity contribution in [1.29, 1.82) is 0 Å². The molecule has 1 saturated heterocycles. The first-order chi connectivity index (χ1) is 10.3. The molecule has 1 unspecified atom stereocenters. The summed E-state index contributed by atoms with van der Waals surface area (Å²) in [7, 11) is 0. The van der Waals surface area contributed by atoms with Crippen molar-refractivity contribution in [3.05, 3.63) is 16.9 Å². The van der Waals surface area contributed by atoms with Crippen LogP contribution in [0.1, 0.15) is 44.1 Å². The largest absolute Gasteiger partial charge is 0.388 e. The molecule has 2 N–H and O–H groups in total. The summed E-state index contributed by atoms with van der Waals surface area (Å²) >= 11 is 6.04. The first-order valence-corrected chi connectivity index (χ1v) is 7.97. The van der Waals surface area contributed by atoms with E-state index in [2.05, 4.69) is 15.3 Å². The molecule has 0 saturated carbocycles. The highest BCUT2D eigenvalue weighted by atomic mass is 35.5. The summed E-state index contributed by atoms with van der Waals surface area (Å²) in [5.74, 6) is 0.158. The fourth-order valence-electron chi connectivity index (χ4n) is 2.13. The minimum Gasteiger partial charge on any atom is -0.388 e. The molecule has 0 aromatic carbocycles. The lowest BCUT2D eigenvalue weighted by molar-refractivity contribution is 0.0142. The van der Waals surface area contributed by atoms with Gasteiger partial charge in [0, 0.05) is 19.6 Å². The molecule has 1 aromatic heterocycles. The van der Waals surface area contributed by atoms with Crippen molar-refractivity contribution in [2.45, 2.75) is 39.2 Å². The summed E-state index contributed by atoms with van der Waals surface area (Å²) in [6, 6.07) is 0. The molecule has 0 aliphatic carbocycles. The number of carbonyl (C=O) groups excluding carboxylic acids is 1. The minimum atomic E-state index is -0.979. The Labute approximate surface area is 135 Å². The van der Waals surface area contributed by atoms with Crippen LogP contribution >= 0.6 is 11.6 Å². The van der Waals surface area contributed by atoms with Crippen molar-refractivity contribution < 1.29 is 9.90 Å². The Balaban J connectivity index is 2.10. The number of anilines is 1. The number of carbonyl (C=O) groups is 1. The summed E-state index contributed by atoms with van der Waals surface area (Å²) in [6.07, 6.45) is 3.66. The van der Waals surface area contributed by atoms with Gasteiger partial charge in [0.2, 0.25) is 5.95 Å². The van der Waals surface area contributed by atoms with Crippen molar-refractivity contribution in [1.82, 2.24) is 15.3 Å². The molecule has 1 aliphatic rings. The minimum absolute atomic E-state index is 0.0221. The molecule has 1 aromatic rings. The van der Waals surface area contributed by atoms with Crippen molar-refractivity contribution in [2.75, 3.05) is 24.5 Å². The van der Waals surface area contributed by atoms with Gasteiger partial charge in [0.05, 0.1) is 16.8 Å². The highest BCUT2D eigenvalue weighted by molar-refractivity contribution is 6.33. The lowest BCUT2D eigenvalue weighted by Gasteiger charge is -2.27. The Morgan fingerprint density at radius 3 is 2.73 bits per heavy atom. The van der Waals surface area contributed by atoms with Crippen molar-refractivity contribution in [3.63, 3.8) is 0 Å². The van der Waals surface area contributed by atoms with Crippen LogP contribution in [-0.4, -0.2) is 46.2 Å². The Morgan fingerprint density at radius 2 is 2.14 bits per heavy atom. The number of nitrogens with zero attached hydrogens (tertiary/aromatic N) is 3. The lowest BCUT2D eigenvalue weighted by atomic mass is 9.92. The molecule has 7 heteroatoms. The molecule has 0 bridgehead atoms. The van der Waals surface area contributed by atoms with Crippen LogP contribution in [0.3, 0.4) is 0 Å². The normalized spacial score (nSPS) is 17.6. The number of nitrogens with one attached hydrogen (secondary N) is 1. The van der Waals surface area contributed by atoms with Crippen LogP contribution in [0.25, 0.3) is 0 Å². The number of hydrogen-bond donors (Lipinski definition) is 2. The lowest BCUT2D eigenvalue weighted by Crippen LogP contribution is -2.44. The van der Waals surface area contributed by atoms with E-state index < -0.39 is 11.5 Å². The van der Waals surface area contributed by atoms with Crippen LogP contribution in [0.2, 0.25) is 5.02 Å². The molecule has 22 heavy (non-hydrogen) atoms. The third-order valence-electron chi connectivity index (χ3n) is 4.19. The van der Waals surface area contributed by atoms with E-state index >= 15 is 0 Å². The predicted molar refractivity (Wildman–Crippen MR) is 86.3 cm³/mol. The second kappa shape index (κ2) is 6.79. The maximum atomic E-state index is 12.3. The number of aliphatic hydroxyl groups is 1. The van der Waals surface area contributed by atoms with E-state index in [-0.39, 0.29) is 23.2 Å². The van der Waals surface area contributed by atoms with Gasteiger partial charge in [-0.3, -0.25) is 4.79 Å². The zero-order chi connectivity index (χ0) is 16.3. The molecule has 0 spiro atoms. The zero-order valence-corrected chi connectivity index (χ0v) is 14.0. The number of rotatable bonds is 5. The van der Waals surface area contributed by atoms with E-state index in [1.165, 1.54) is 6.20 Å². The molecule has 2 heterocycles. The highest BCUT2D eigenvalue weighted by Gasteiger charge is 2.27. The van der Waals surface area contributed by atoms with Crippen LogP contribution in [0.5, 0.6) is 0 Å². The van der Waals surface area contributed by atoms with Gasteiger partial charge in [-0.25, -0.2) is 9.97 Å². The van der Waals surface area contributed by atoms with Crippen LogP contribution in [0.4, 0.5) is 5.95 Å². The first-order valence-electron chi connectivity index (χ1n) is 7.59. The Morgan fingerprint density at radius 1 is 1.50 bits per heavy atom. The molecule has 6 nitrogen and oxygen atoms in total. The van der Waals surface area contributed by atoms with Gasteiger partial charge in [-0.15, -0.1) is 0 Å². The average molecular weight is 327 g/mol. The molecule has 2 rings (SSSR count). The topological polar surface area (TPSA) is 78.3 Å². The molecular weight excluding hydrogens is 304 g/mol. The summed E-state index contributed by atoms with van der Waals surface area (Å²) in [5, 5.41) is 13.1. The third-order valence-corrected chi connectivity index (χ3v) is 4.46. The SMILES string of the molecule is CC(C)C(C)(O)CNC(=O)c1nc(N2CCCC2)ncc1Cl. The molecule has 1 atom stereocenters. The standard InChI is InChI=1S/C15H23ClN4O2/c1-10(2)15(3,22)9-18-13(21)12-11(16)8-17-14(19-12)20-6-4-5-7-20/h8,10,22H,4-7,9H2,1-3H3,(H,18,21). The maximum absolute atomic E-state index is 12.3. The molecular formula is C15H23ClN4O2. The van der Waals surface area contributed by atoms with E-state index in [1.54, 1.807) is 6.92 Å². The zero-order valence-electron chi connectivity index (χ0n) is 13.3. The van der Waals surface area contributed by atoms with Gasteiger partial charge in [0.1, 0.15) is 0 Å². The van der Waals surface area contributed by atoms with Gasteiger partial charge < -0.3 is 15.3 Å². The summed E-state index contributed by atoms with van der Waals surface area (Å²) in [4.78, 5) is 22.8. The van der Waals surface area contributed by atoms with Gasteiger partial charge in [0.25, 0.3) is 5.91 Å². The average Bonchev–Trinajstić information content (AvgIpc) is 2.99. The number of amides is 1. The highest BCUT2D eigenvalue weighted by Crippen LogP contribution is 2.20. The van der Waals surface area contributed by atoms with Crippen molar-refractivity contribution in [2.24, 2.45) is 5.92 Å². The van der Waals surface area contributed by atoms with Crippen molar-refractivity contribution in [3.8, 4) is 0 Å². The monoisotopic (exact) mass is 326 g/mol.